The maximum atomic E-state index is 13.0. The van der Waals surface area contributed by atoms with Gasteiger partial charge >= 0.3 is 5.97 Å². The summed E-state index contributed by atoms with van der Waals surface area (Å²) < 4.78 is 5.59. The van der Waals surface area contributed by atoms with Crippen molar-refractivity contribution in [2.75, 3.05) is 0 Å². The normalized spacial score (nSPS) is 20.8. The highest BCUT2D eigenvalue weighted by atomic mass is 16.6. The smallest absolute Gasteiger partial charge is 0.331 e. The van der Waals surface area contributed by atoms with Gasteiger partial charge in [-0.25, -0.2) is 4.79 Å². The predicted molar refractivity (Wildman–Crippen MR) is 91.3 cm³/mol. The highest BCUT2D eigenvalue weighted by Gasteiger charge is 2.51. The lowest BCUT2D eigenvalue weighted by molar-refractivity contribution is -0.162. The summed E-state index contributed by atoms with van der Waals surface area (Å²) >= 11 is 0. The summed E-state index contributed by atoms with van der Waals surface area (Å²) in [4.78, 5) is 25.0. The van der Waals surface area contributed by atoms with E-state index in [2.05, 4.69) is 6.07 Å². The van der Waals surface area contributed by atoms with Crippen LogP contribution in [-0.4, -0.2) is 17.4 Å². The zero-order valence-electron chi connectivity index (χ0n) is 14.9. The third-order valence-electron chi connectivity index (χ3n) is 4.50. The Morgan fingerprint density at radius 2 is 1.88 bits per heavy atom. The van der Waals surface area contributed by atoms with E-state index in [4.69, 9.17) is 4.74 Å². The fourth-order valence-corrected chi connectivity index (χ4v) is 3.29. The molecule has 2 rings (SSSR count). The van der Waals surface area contributed by atoms with Crippen LogP contribution in [0.1, 0.15) is 57.6 Å². The van der Waals surface area contributed by atoms with Crippen molar-refractivity contribution in [3.63, 3.8) is 0 Å². The first-order chi connectivity index (χ1) is 11.2. The minimum atomic E-state index is -1.43. The Balaban J connectivity index is 2.53. The molecule has 0 aliphatic heterocycles. The molecule has 24 heavy (non-hydrogen) atoms. The number of hydrogen-bond acceptors (Lipinski definition) is 4. The molecule has 0 aromatic heterocycles. The van der Waals surface area contributed by atoms with E-state index in [9.17, 15) is 14.9 Å². The third-order valence-corrected chi connectivity index (χ3v) is 4.50. The Labute approximate surface area is 143 Å². The first kappa shape index (κ1) is 18.2. The van der Waals surface area contributed by atoms with Crippen molar-refractivity contribution in [1.82, 2.24) is 0 Å². The monoisotopic (exact) mass is 327 g/mol. The van der Waals surface area contributed by atoms with Crippen molar-refractivity contribution in [2.24, 2.45) is 5.92 Å². The van der Waals surface area contributed by atoms with Crippen molar-refractivity contribution in [2.45, 2.75) is 64.4 Å². The second kappa shape index (κ2) is 6.76. The Morgan fingerprint density at radius 3 is 2.38 bits per heavy atom. The zero-order valence-corrected chi connectivity index (χ0v) is 14.9. The molecule has 2 atom stereocenters. The number of hydrogen-bond donors (Lipinski definition) is 0. The minimum absolute atomic E-state index is 0.113. The maximum Gasteiger partial charge on any atom is 0.331 e. The topological polar surface area (TPSA) is 67.2 Å². The maximum absolute atomic E-state index is 13.0. The Hall–Kier alpha value is -2.15. The molecule has 0 N–H and O–H groups in total. The van der Waals surface area contributed by atoms with Gasteiger partial charge in [0, 0.05) is 12.8 Å². The molecule has 0 radical (unpaired) electrons. The molecule has 1 saturated carbocycles. The van der Waals surface area contributed by atoms with Crippen molar-refractivity contribution >= 4 is 11.8 Å². The van der Waals surface area contributed by atoms with E-state index in [1.54, 1.807) is 20.8 Å². The van der Waals surface area contributed by atoms with Crippen LogP contribution in [-0.2, 0) is 19.7 Å². The lowest BCUT2D eigenvalue weighted by Gasteiger charge is -2.37. The van der Waals surface area contributed by atoms with Gasteiger partial charge in [0.05, 0.1) is 6.07 Å². The van der Waals surface area contributed by atoms with Crippen molar-refractivity contribution in [3.8, 4) is 6.07 Å². The number of esters is 1. The average molecular weight is 327 g/mol. The number of ketones is 1. The molecule has 1 aromatic rings. The number of benzene rings is 1. The van der Waals surface area contributed by atoms with Crippen molar-refractivity contribution < 1.29 is 14.3 Å². The standard InChI is InChI=1S/C20H25NO3/c1-14-8-10-15(11-9-14)20(13-21,18(23)24-19(2,3)4)16-6-5-7-17(22)12-16/h8-11,16H,5-7,12H2,1-4H3. The van der Waals surface area contributed by atoms with E-state index in [1.165, 1.54) is 0 Å². The van der Waals surface area contributed by atoms with Gasteiger partial charge in [0.1, 0.15) is 11.4 Å². The van der Waals surface area contributed by atoms with Gasteiger partial charge in [-0.2, -0.15) is 5.26 Å². The fourth-order valence-electron chi connectivity index (χ4n) is 3.29. The SMILES string of the molecule is Cc1ccc(C(C#N)(C(=O)OC(C)(C)C)C2CCCC(=O)C2)cc1. The molecule has 0 heterocycles. The number of carbonyl (C=O) groups is 2. The summed E-state index contributed by atoms with van der Waals surface area (Å²) in [5.41, 5.74) is -0.460. The summed E-state index contributed by atoms with van der Waals surface area (Å²) in [5, 5.41) is 10.0. The van der Waals surface area contributed by atoms with E-state index >= 15 is 0 Å². The van der Waals surface area contributed by atoms with E-state index in [0.29, 0.717) is 24.8 Å². The molecule has 4 nitrogen and oxygen atoms in total. The summed E-state index contributed by atoms with van der Waals surface area (Å²) in [6, 6.07) is 9.62. The highest BCUT2D eigenvalue weighted by molar-refractivity contribution is 5.89. The largest absolute Gasteiger partial charge is 0.459 e. The quantitative estimate of drug-likeness (QED) is 0.791. The third kappa shape index (κ3) is 3.67. The highest BCUT2D eigenvalue weighted by Crippen LogP contribution is 2.42. The fraction of sp³-hybridized carbons (Fsp3) is 0.550. The van der Waals surface area contributed by atoms with Gasteiger partial charge in [0.2, 0.25) is 0 Å². The number of aryl methyl sites for hydroxylation is 1. The molecule has 1 aromatic carbocycles. The van der Waals surface area contributed by atoms with Crippen LogP contribution >= 0.6 is 0 Å². The van der Waals surface area contributed by atoms with Crippen LogP contribution in [0.5, 0.6) is 0 Å². The molecular weight excluding hydrogens is 302 g/mol. The molecule has 1 aliphatic carbocycles. The molecule has 0 bridgehead atoms. The molecule has 4 heteroatoms. The first-order valence-electron chi connectivity index (χ1n) is 8.42. The second-order valence-corrected chi connectivity index (χ2v) is 7.62. The molecule has 1 fully saturated rings. The summed E-state index contributed by atoms with van der Waals surface area (Å²) in [6.07, 6.45) is 2.16. The Morgan fingerprint density at radius 1 is 1.25 bits per heavy atom. The van der Waals surface area contributed by atoms with E-state index in [1.807, 2.05) is 31.2 Å². The van der Waals surface area contributed by atoms with Crippen LogP contribution in [0.25, 0.3) is 0 Å². The molecule has 0 spiro atoms. The zero-order chi connectivity index (χ0) is 18.0. The van der Waals surface area contributed by atoms with Crippen LogP contribution < -0.4 is 0 Å². The molecular formula is C20H25NO3. The Kier molecular flexibility index (Phi) is 5.13. The van der Waals surface area contributed by atoms with Gasteiger partial charge in [-0.05, 0) is 52.0 Å². The number of nitriles is 1. The summed E-state index contributed by atoms with van der Waals surface area (Å²) in [5.74, 6) is -0.788. The van der Waals surface area contributed by atoms with E-state index in [0.717, 1.165) is 5.56 Å². The van der Waals surface area contributed by atoms with Crippen LogP contribution in [0.15, 0.2) is 24.3 Å². The van der Waals surface area contributed by atoms with E-state index in [-0.39, 0.29) is 18.1 Å². The molecule has 2 unspecified atom stereocenters. The van der Waals surface area contributed by atoms with Gasteiger partial charge in [0.25, 0.3) is 0 Å². The molecule has 0 amide bonds. The van der Waals surface area contributed by atoms with Crippen molar-refractivity contribution in [1.29, 1.82) is 5.26 Å². The summed E-state index contributed by atoms with van der Waals surface area (Å²) in [6.45, 7) is 7.31. The lowest BCUT2D eigenvalue weighted by Crippen LogP contribution is -2.47. The second-order valence-electron chi connectivity index (χ2n) is 7.62. The summed E-state index contributed by atoms with van der Waals surface area (Å²) in [7, 11) is 0. The lowest BCUT2D eigenvalue weighted by atomic mass is 9.65. The van der Waals surface area contributed by atoms with E-state index < -0.39 is 17.0 Å². The number of carbonyl (C=O) groups excluding carboxylic acids is 2. The number of ether oxygens (including phenoxy) is 1. The van der Waals surface area contributed by atoms with Crippen LogP contribution in [0.4, 0.5) is 0 Å². The van der Waals surface area contributed by atoms with Gasteiger partial charge in [0.15, 0.2) is 5.41 Å². The van der Waals surface area contributed by atoms with Gasteiger partial charge in [-0.1, -0.05) is 29.8 Å². The number of nitrogens with zero attached hydrogens (tertiary/aromatic N) is 1. The van der Waals surface area contributed by atoms with Gasteiger partial charge < -0.3 is 4.74 Å². The van der Waals surface area contributed by atoms with Crippen LogP contribution in [0, 0.1) is 24.2 Å². The average Bonchev–Trinajstić information content (AvgIpc) is 2.48. The minimum Gasteiger partial charge on any atom is -0.459 e. The van der Waals surface area contributed by atoms with Crippen molar-refractivity contribution in [3.05, 3.63) is 35.4 Å². The predicted octanol–water partition coefficient (Wildman–Crippen LogP) is 3.86. The molecule has 128 valence electrons. The van der Waals surface area contributed by atoms with Gasteiger partial charge in [-0.3, -0.25) is 4.79 Å². The molecule has 1 aliphatic rings. The Bertz CT molecular complexity index is 664. The van der Waals surface area contributed by atoms with Crippen LogP contribution in [0.2, 0.25) is 0 Å². The number of rotatable bonds is 3. The first-order valence-corrected chi connectivity index (χ1v) is 8.42. The van der Waals surface area contributed by atoms with Gasteiger partial charge in [-0.15, -0.1) is 0 Å². The number of Topliss-reactive ketones (excluding diaryl/α,β-unsaturated/α-hetero) is 1. The van der Waals surface area contributed by atoms with Crippen LogP contribution in [0.3, 0.4) is 0 Å². The molecule has 0 saturated heterocycles.